The van der Waals surface area contributed by atoms with Crippen LogP contribution in [0.5, 0.6) is 0 Å². The molecule has 1 fully saturated rings. The Bertz CT molecular complexity index is 159. The van der Waals surface area contributed by atoms with E-state index >= 15 is 0 Å². The Morgan fingerprint density at radius 1 is 1.40 bits per heavy atom. The lowest BCUT2D eigenvalue weighted by Crippen LogP contribution is -2.54. The zero-order chi connectivity index (χ0) is 11.1. The Morgan fingerprint density at radius 3 is 2.53 bits per heavy atom. The molecule has 0 radical (unpaired) electrons. The molecule has 1 aliphatic carbocycles. The predicted octanol–water partition coefficient (Wildman–Crippen LogP) is 1.52. The third-order valence-corrected chi connectivity index (χ3v) is 3.84. The first-order chi connectivity index (χ1) is 7.26. The number of nitrogens with two attached hydrogens (primary N) is 1. The molecule has 0 saturated heterocycles. The van der Waals surface area contributed by atoms with E-state index in [0.29, 0.717) is 0 Å². The first-order valence-electron chi connectivity index (χ1n) is 6.20. The summed E-state index contributed by atoms with van der Waals surface area (Å²) in [5.41, 5.74) is 6.10. The minimum atomic E-state index is 0.199. The summed E-state index contributed by atoms with van der Waals surface area (Å²) >= 11 is 0. The second-order valence-corrected chi connectivity index (χ2v) is 4.76. The summed E-state index contributed by atoms with van der Waals surface area (Å²) in [5.74, 6) is 0.925. The molecule has 15 heavy (non-hydrogen) atoms. The molecule has 3 nitrogen and oxygen atoms in total. The number of methoxy groups -OCH3 is 1. The molecule has 1 rings (SSSR count). The van der Waals surface area contributed by atoms with Crippen LogP contribution in [0.3, 0.4) is 0 Å². The van der Waals surface area contributed by atoms with Crippen molar-refractivity contribution in [1.82, 2.24) is 5.32 Å². The van der Waals surface area contributed by atoms with E-state index in [9.17, 15) is 0 Å². The molecule has 0 aromatic carbocycles. The lowest BCUT2D eigenvalue weighted by atomic mass is 9.75. The molecule has 0 bridgehead atoms. The van der Waals surface area contributed by atoms with E-state index in [1.807, 2.05) is 0 Å². The summed E-state index contributed by atoms with van der Waals surface area (Å²) in [6.07, 6.45) is 6.43. The molecule has 1 aliphatic rings. The molecule has 0 aromatic rings. The van der Waals surface area contributed by atoms with Crippen molar-refractivity contribution in [2.75, 3.05) is 26.8 Å². The Hall–Kier alpha value is -0.120. The van der Waals surface area contributed by atoms with Gasteiger partial charge in [-0.25, -0.2) is 0 Å². The minimum Gasteiger partial charge on any atom is -0.383 e. The van der Waals surface area contributed by atoms with Crippen molar-refractivity contribution >= 4 is 0 Å². The van der Waals surface area contributed by atoms with E-state index < -0.39 is 0 Å². The van der Waals surface area contributed by atoms with Crippen molar-refractivity contribution in [3.63, 3.8) is 0 Å². The molecule has 0 aromatic heterocycles. The highest BCUT2D eigenvalue weighted by Crippen LogP contribution is 2.32. The Morgan fingerprint density at radius 2 is 2.07 bits per heavy atom. The van der Waals surface area contributed by atoms with Crippen LogP contribution in [0.15, 0.2) is 0 Å². The summed E-state index contributed by atoms with van der Waals surface area (Å²) in [7, 11) is 1.74. The SMILES string of the molecule is CCC1CCC(CN)(NCCOC)CC1. The molecule has 0 unspecified atom stereocenters. The van der Waals surface area contributed by atoms with Crippen LogP contribution < -0.4 is 11.1 Å². The van der Waals surface area contributed by atoms with Gasteiger partial charge in [0.2, 0.25) is 0 Å². The fraction of sp³-hybridized carbons (Fsp3) is 1.00. The number of hydrogen-bond donors (Lipinski definition) is 2. The van der Waals surface area contributed by atoms with Crippen molar-refractivity contribution < 1.29 is 4.74 Å². The summed E-state index contributed by atoms with van der Waals surface area (Å²) in [6.45, 7) is 4.75. The fourth-order valence-electron chi connectivity index (χ4n) is 2.51. The van der Waals surface area contributed by atoms with Gasteiger partial charge in [-0.05, 0) is 31.6 Å². The normalized spacial score (nSPS) is 31.8. The number of hydrogen-bond acceptors (Lipinski definition) is 3. The van der Waals surface area contributed by atoms with E-state index in [4.69, 9.17) is 10.5 Å². The Balaban J connectivity index is 2.34. The monoisotopic (exact) mass is 214 g/mol. The predicted molar refractivity (Wildman–Crippen MR) is 63.9 cm³/mol. The molecule has 90 valence electrons. The van der Waals surface area contributed by atoms with E-state index in [2.05, 4.69) is 12.2 Å². The average molecular weight is 214 g/mol. The Labute approximate surface area is 93.8 Å². The van der Waals surface area contributed by atoms with Crippen molar-refractivity contribution in [3.8, 4) is 0 Å². The topological polar surface area (TPSA) is 47.3 Å². The van der Waals surface area contributed by atoms with Gasteiger partial charge in [0.1, 0.15) is 0 Å². The average Bonchev–Trinajstić information content (AvgIpc) is 2.30. The van der Waals surface area contributed by atoms with Crippen LogP contribution in [0.4, 0.5) is 0 Å². The van der Waals surface area contributed by atoms with Crippen molar-refractivity contribution in [2.45, 2.75) is 44.6 Å². The van der Waals surface area contributed by atoms with Gasteiger partial charge in [0.25, 0.3) is 0 Å². The van der Waals surface area contributed by atoms with Crippen molar-refractivity contribution in [2.24, 2.45) is 11.7 Å². The van der Waals surface area contributed by atoms with Crippen LogP contribution in [-0.4, -0.2) is 32.3 Å². The van der Waals surface area contributed by atoms with E-state index in [1.165, 1.54) is 32.1 Å². The van der Waals surface area contributed by atoms with E-state index in [1.54, 1.807) is 7.11 Å². The standard InChI is InChI=1S/C12H26N2O/c1-3-11-4-6-12(10-13,7-5-11)14-8-9-15-2/h11,14H,3-10,13H2,1-2H3. The van der Waals surface area contributed by atoms with Crippen LogP contribution in [0.25, 0.3) is 0 Å². The molecule has 0 atom stereocenters. The number of rotatable bonds is 6. The maximum absolute atomic E-state index is 5.90. The Kier molecular flexibility index (Phi) is 5.58. The molecule has 3 heteroatoms. The number of ether oxygens (including phenoxy) is 1. The molecule has 0 spiro atoms. The lowest BCUT2D eigenvalue weighted by Gasteiger charge is -2.40. The quantitative estimate of drug-likeness (QED) is 0.659. The first kappa shape index (κ1) is 12.9. The molecular weight excluding hydrogens is 188 g/mol. The van der Waals surface area contributed by atoms with Crippen LogP contribution in [-0.2, 0) is 4.74 Å². The van der Waals surface area contributed by atoms with Crippen LogP contribution >= 0.6 is 0 Å². The van der Waals surface area contributed by atoms with Gasteiger partial charge in [-0.2, -0.15) is 0 Å². The van der Waals surface area contributed by atoms with Gasteiger partial charge in [-0.15, -0.1) is 0 Å². The lowest BCUT2D eigenvalue weighted by molar-refractivity contribution is 0.154. The number of nitrogens with one attached hydrogen (secondary N) is 1. The third kappa shape index (κ3) is 3.74. The van der Waals surface area contributed by atoms with Gasteiger partial charge >= 0.3 is 0 Å². The van der Waals surface area contributed by atoms with Crippen LogP contribution in [0.2, 0.25) is 0 Å². The molecular formula is C12H26N2O. The summed E-state index contributed by atoms with van der Waals surface area (Å²) in [6, 6.07) is 0. The van der Waals surface area contributed by atoms with Crippen LogP contribution in [0.1, 0.15) is 39.0 Å². The van der Waals surface area contributed by atoms with Crippen LogP contribution in [0, 0.1) is 5.92 Å². The smallest absolute Gasteiger partial charge is 0.0587 e. The maximum Gasteiger partial charge on any atom is 0.0587 e. The van der Waals surface area contributed by atoms with Gasteiger partial charge in [-0.1, -0.05) is 13.3 Å². The summed E-state index contributed by atoms with van der Waals surface area (Å²) in [5, 5.41) is 3.58. The molecule has 0 aliphatic heterocycles. The largest absolute Gasteiger partial charge is 0.383 e. The highest BCUT2D eigenvalue weighted by atomic mass is 16.5. The molecule has 1 saturated carbocycles. The first-order valence-corrected chi connectivity index (χ1v) is 6.20. The zero-order valence-corrected chi connectivity index (χ0v) is 10.2. The van der Waals surface area contributed by atoms with Gasteiger partial charge in [0.15, 0.2) is 0 Å². The summed E-state index contributed by atoms with van der Waals surface area (Å²) in [4.78, 5) is 0. The van der Waals surface area contributed by atoms with Gasteiger partial charge in [-0.3, -0.25) is 0 Å². The van der Waals surface area contributed by atoms with Crippen molar-refractivity contribution in [3.05, 3.63) is 0 Å². The summed E-state index contributed by atoms with van der Waals surface area (Å²) < 4.78 is 5.06. The second-order valence-electron chi connectivity index (χ2n) is 4.76. The van der Waals surface area contributed by atoms with Gasteiger partial charge in [0, 0.05) is 25.7 Å². The molecule has 0 heterocycles. The fourth-order valence-corrected chi connectivity index (χ4v) is 2.51. The van der Waals surface area contributed by atoms with Gasteiger partial charge < -0.3 is 15.8 Å². The van der Waals surface area contributed by atoms with Gasteiger partial charge in [0.05, 0.1) is 6.61 Å². The molecule has 3 N–H and O–H groups in total. The minimum absolute atomic E-state index is 0.199. The highest BCUT2D eigenvalue weighted by molar-refractivity contribution is 4.93. The second kappa shape index (κ2) is 6.46. The highest BCUT2D eigenvalue weighted by Gasteiger charge is 2.32. The maximum atomic E-state index is 5.90. The molecule has 0 amide bonds. The van der Waals surface area contributed by atoms with E-state index in [0.717, 1.165) is 25.6 Å². The van der Waals surface area contributed by atoms with E-state index in [-0.39, 0.29) is 5.54 Å². The van der Waals surface area contributed by atoms with Crippen molar-refractivity contribution in [1.29, 1.82) is 0 Å². The third-order valence-electron chi connectivity index (χ3n) is 3.84. The zero-order valence-electron chi connectivity index (χ0n) is 10.2.